The van der Waals surface area contributed by atoms with Crippen molar-refractivity contribution in [1.82, 2.24) is 10.2 Å². The molecule has 1 N–H and O–H groups in total. The maximum absolute atomic E-state index is 11.3. The normalized spacial score (nSPS) is 27.6. The average molecular weight is 274 g/mol. The Hall–Kier alpha value is -0.130. The molecule has 0 bridgehead atoms. The summed E-state index contributed by atoms with van der Waals surface area (Å²) in [6, 6.07) is 0.192. The van der Waals surface area contributed by atoms with E-state index in [4.69, 9.17) is 0 Å². The second-order valence-corrected chi connectivity index (χ2v) is 7.97. The van der Waals surface area contributed by atoms with Crippen molar-refractivity contribution in [1.29, 1.82) is 0 Å². The van der Waals surface area contributed by atoms with Gasteiger partial charge in [0, 0.05) is 25.7 Å². The number of likely N-dealkylation sites (N-methyl/N-ethyl adjacent to an activating group) is 1. The predicted octanol–water partition coefficient (Wildman–Crippen LogP) is 0.885. The lowest BCUT2D eigenvalue weighted by Crippen LogP contribution is -2.40. The van der Waals surface area contributed by atoms with Crippen LogP contribution in [-0.2, 0) is 9.84 Å². The lowest BCUT2D eigenvalue weighted by molar-refractivity contribution is 0.183. The zero-order valence-corrected chi connectivity index (χ0v) is 12.2. The molecule has 0 amide bonds. The van der Waals surface area contributed by atoms with E-state index in [0.717, 1.165) is 32.0 Å². The third kappa shape index (κ3) is 4.21. The molecule has 0 aromatic heterocycles. The largest absolute Gasteiger partial charge is 0.312 e. The lowest BCUT2D eigenvalue weighted by atomic mass is 9.85. The molecule has 1 unspecified atom stereocenters. The molecule has 18 heavy (non-hydrogen) atoms. The van der Waals surface area contributed by atoms with E-state index in [0.29, 0.717) is 11.5 Å². The Morgan fingerprint density at radius 2 is 2.06 bits per heavy atom. The Balaban J connectivity index is 1.61. The van der Waals surface area contributed by atoms with Crippen molar-refractivity contribution in [3.8, 4) is 0 Å². The van der Waals surface area contributed by atoms with Crippen LogP contribution in [0.2, 0.25) is 0 Å². The molecule has 2 aliphatic rings. The second-order valence-electron chi connectivity index (χ2n) is 5.74. The van der Waals surface area contributed by atoms with Gasteiger partial charge in [0.2, 0.25) is 0 Å². The van der Waals surface area contributed by atoms with Crippen LogP contribution >= 0.6 is 0 Å². The molecule has 2 fully saturated rings. The smallest absolute Gasteiger partial charge is 0.151 e. The predicted molar refractivity (Wildman–Crippen MR) is 74.5 cm³/mol. The molecule has 2 rings (SSSR count). The Morgan fingerprint density at radius 3 is 2.56 bits per heavy atom. The summed E-state index contributed by atoms with van der Waals surface area (Å²) >= 11 is 0. The van der Waals surface area contributed by atoms with Crippen LogP contribution < -0.4 is 5.32 Å². The summed E-state index contributed by atoms with van der Waals surface area (Å²) in [6.07, 6.45) is 4.98. The monoisotopic (exact) mass is 274 g/mol. The van der Waals surface area contributed by atoms with Gasteiger partial charge in [-0.3, -0.25) is 0 Å². The van der Waals surface area contributed by atoms with E-state index in [1.165, 1.54) is 25.8 Å². The molecule has 1 aliphatic carbocycles. The van der Waals surface area contributed by atoms with Gasteiger partial charge in [0.1, 0.15) is 0 Å². The van der Waals surface area contributed by atoms with Gasteiger partial charge in [-0.15, -0.1) is 0 Å². The molecule has 1 saturated carbocycles. The highest BCUT2D eigenvalue weighted by molar-refractivity contribution is 7.91. The number of hydrogen-bond acceptors (Lipinski definition) is 4. The van der Waals surface area contributed by atoms with Crippen LogP contribution in [0.3, 0.4) is 0 Å². The van der Waals surface area contributed by atoms with E-state index in [9.17, 15) is 8.42 Å². The molecule has 1 heterocycles. The first kappa shape index (κ1) is 14.3. The van der Waals surface area contributed by atoms with Gasteiger partial charge < -0.3 is 10.2 Å². The topological polar surface area (TPSA) is 49.4 Å². The van der Waals surface area contributed by atoms with Crippen molar-refractivity contribution < 1.29 is 8.42 Å². The van der Waals surface area contributed by atoms with Gasteiger partial charge in [0.05, 0.1) is 11.5 Å². The maximum Gasteiger partial charge on any atom is 0.151 e. The molecule has 5 heteroatoms. The molecule has 0 aromatic carbocycles. The van der Waals surface area contributed by atoms with Crippen molar-refractivity contribution in [2.75, 3.05) is 37.7 Å². The summed E-state index contributed by atoms with van der Waals surface area (Å²) in [7, 11) is -2.74. The zero-order valence-electron chi connectivity index (χ0n) is 11.4. The minimum atomic E-state index is -2.74. The Kier molecular flexibility index (Phi) is 5.04. The van der Waals surface area contributed by atoms with Crippen LogP contribution in [0.4, 0.5) is 0 Å². The quantitative estimate of drug-likeness (QED) is 0.749. The summed E-state index contributed by atoms with van der Waals surface area (Å²) in [5, 5.41) is 3.39. The minimum Gasteiger partial charge on any atom is -0.312 e. The van der Waals surface area contributed by atoms with Crippen molar-refractivity contribution in [3.05, 3.63) is 0 Å². The highest BCUT2D eigenvalue weighted by Gasteiger charge is 2.27. The number of nitrogens with zero attached hydrogens (tertiary/aromatic N) is 1. The number of sulfone groups is 1. The van der Waals surface area contributed by atoms with Crippen LogP contribution in [0.5, 0.6) is 0 Å². The molecule has 0 aromatic rings. The third-order valence-electron chi connectivity index (χ3n) is 4.28. The fourth-order valence-corrected chi connectivity index (χ4v) is 4.51. The SMILES string of the molecule is CCN(CCNC1CCS(=O)(=O)C1)CC1CCC1. The summed E-state index contributed by atoms with van der Waals surface area (Å²) < 4.78 is 22.7. The third-order valence-corrected chi connectivity index (χ3v) is 6.05. The highest BCUT2D eigenvalue weighted by atomic mass is 32.2. The molecule has 4 nitrogen and oxygen atoms in total. The summed E-state index contributed by atoms with van der Waals surface area (Å²) in [5.41, 5.74) is 0. The van der Waals surface area contributed by atoms with Crippen molar-refractivity contribution in [3.63, 3.8) is 0 Å². The second kappa shape index (κ2) is 6.35. The molecule has 1 aliphatic heterocycles. The van der Waals surface area contributed by atoms with Crippen molar-refractivity contribution in [2.24, 2.45) is 5.92 Å². The average Bonchev–Trinajstić information content (AvgIpc) is 2.60. The Bertz CT molecular complexity index is 352. The minimum absolute atomic E-state index is 0.192. The maximum atomic E-state index is 11.3. The van der Waals surface area contributed by atoms with Gasteiger partial charge in [-0.05, 0) is 31.7 Å². The first-order chi connectivity index (χ1) is 8.59. The highest BCUT2D eigenvalue weighted by Crippen LogP contribution is 2.26. The van der Waals surface area contributed by atoms with Crippen LogP contribution in [-0.4, -0.2) is 57.0 Å². The fourth-order valence-electron chi connectivity index (χ4n) is 2.80. The molecular weight excluding hydrogens is 248 g/mol. The van der Waals surface area contributed by atoms with Crippen LogP contribution in [0, 0.1) is 5.92 Å². The molecule has 0 spiro atoms. The molecular formula is C13H26N2O2S. The van der Waals surface area contributed by atoms with E-state index in [2.05, 4.69) is 17.1 Å². The Labute approximate surface area is 111 Å². The van der Waals surface area contributed by atoms with Crippen LogP contribution in [0.15, 0.2) is 0 Å². The first-order valence-electron chi connectivity index (χ1n) is 7.25. The standard InChI is InChI=1S/C13H26N2O2S/c1-2-15(10-12-4-3-5-12)8-7-14-13-6-9-18(16,17)11-13/h12-14H,2-11H2,1H3. The van der Waals surface area contributed by atoms with Gasteiger partial charge in [-0.2, -0.15) is 0 Å². The molecule has 1 saturated heterocycles. The van der Waals surface area contributed by atoms with Crippen molar-refractivity contribution >= 4 is 9.84 Å². The lowest BCUT2D eigenvalue weighted by Gasteiger charge is -2.32. The van der Waals surface area contributed by atoms with Gasteiger partial charge in [-0.1, -0.05) is 13.3 Å². The summed E-state index contributed by atoms with van der Waals surface area (Å²) in [6.45, 7) is 6.49. The Morgan fingerprint density at radius 1 is 1.28 bits per heavy atom. The fraction of sp³-hybridized carbons (Fsp3) is 1.00. The van der Waals surface area contributed by atoms with Gasteiger partial charge >= 0.3 is 0 Å². The van der Waals surface area contributed by atoms with E-state index < -0.39 is 9.84 Å². The number of rotatable bonds is 7. The first-order valence-corrected chi connectivity index (χ1v) is 9.07. The summed E-state index contributed by atoms with van der Waals surface area (Å²) in [4.78, 5) is 2.49. The molecule has 0 radical (unpaired) electrons. The zero-order chi connectivity index (χ0) is 13.0. The van der Waals surface area contributed by atoms with E-state index in [1.54, 1.807) is 0 Å². The van der Waals surface area contributed by atoms with E-state index in [1.807, 2.05) is 0 Å². The molecule has 1 atom stereocenters. The van der Waals surface area contributed by atoms with Crippen LogP contribution in [0.25, 0.3) is 0 Å². The molecule has 106 valence electrons. The number of nitrogens with one attached hydrogen (secondary N) is 1. The van der Waals surface area contributed by atoms with Crippen molar-refractivity contribution in [2.45, 2.75) is 38.6 Å². The van der Waals surface area contributed by atoms with E-state index >= 15 is 0 Å². The van der Waals surface area contributed by atoms with Gasteiger partial charge in [-0.25, -0.2) is 8.42 Å². The summed E-state index contributed by atoms with van der Waals surface area (Å²) in [5.74, 6) is 1.61. The van der Waals surface area contributed by atoms with Gasteiger partial charge in [0.15, 0.2) is 9.84 Å². The van der Waals surface area contributed by atoms with Gasteiger partial charge in [0.25, 0.3) is 0 Å². The van der Waals surface area contributed by atoms with E-state index in [-0.39, 0.29) is 6.04 Å². The number of hydrogen-bond donors (Lipinski definition) is 1. The van der Waals surface area contributed by atoms with Crippen LogP contribution in [0.1, 0.15) is 32.6 Å².